The van der Waals surface area contributed by atoms with Gasteiger partial charge in [0.1, 0.15) is 0 Å². The Morgan fingerprint density at radius 2 is 1.93 bits per heavy atom. The summed E-state index contributed by atoms with van der Waals surface area (Å²) in [6.07, 6.45) is 4.72. The summed E-state index contributed by atoms with van der Waals surface area (Å²) in [5.74, 6) is 0. The standard InChI is InChI=1S/C13H16B2/c1-10-5-3-4-6-12(10)7-8-13-9-11(2)14-15-13/h3-6,9,15H,7-8H2,1-2H3. The first-order valence-electron chi connectivity index (χ1n) is 5.66. The molecule has 15 heavy (non-hydrogen) atoms. The van der Waals surface area contributed by atoms with Crippen LogP contribution in [0.3, 0.4) is 0 Å². The molecule has 0 fully saturated rings. The molecule has 0 bridgehead atoms. The zero-order valence-electron chi connectivity index (χ0n) is 9.59. The van der Waals surface area contributed by atoms with E-state index in [0.29, 0.717) is 0 Å². The first-order valence-corrected chi connectivity index (χ1v) is 5.66. The van der Waals surface area contributed by atoms with Gasteiger partial charge in [-0.3, -0.25) is 0 Å². The molecule has 1 heterocycles. The molecule has 74 valence electrons. The third-order valence-electron chi connectivity index (χ3n) is 3.09. The van der Waals surface area contributed by atoms with Crippen LogP contribution in [0.5, 0.6) is 0 Å². The zero-order valence-corrected chi connectivity index (χ0v) is 9.59. The molecule has 1 aromatic carbocycles. The molecule has 0 aromatic heterocycles. The van der Waals surface area contributed by atoms with Crippen LogP contribution in [-0.4, -0.2) is 19.4 Å². The van der Waals surface area contributed by atoms with Gasteiger partial charge < -0.3 is 0 Å². The normalized spacial score (nSPS) is 14.0. The average molecular weight is 194 g/mol. The molecule has 0 spiro atoms. The maximum atomic E-state index is 2.33. The Morgan fingerprint density at radius 3 is 2.60 bits per heavy atom. The molecular formula is C13H16B2. The van der Waals surface area contributed by atoms with Crippen molar-refractivity contribution in [2.45, 2.75) is 26.7 Å². The molecule has 0 aliphatic carbocycles. The second-order valence-corrected chi connectivity index (χ2v) is 4.38. The third-order valence-corrected chi connectivity index (χ3v) is 3.09. The van der Waals surface area contributed by atoms with E-state index < -0.39 is 0 Å². The summed E-state index contributed by atoms with van der Waals surface area (Å²) < 4.78 is 0. The number of benzene rings is 1. The Bertz CT molecular complexity index is 416. The van der Waals surface area contributed by atoms with E-state index in [1.807, 2.05) is 0 Å². The van der Waals surface area contributed by atoms with Crippen molar-refractivity contribution in [3.05, 3.63) is 46.9 Å². The predicted octanol–water partition coefficient (Wildman–Crippen LogP) is 2.07. The Labute approximate surface area is 93.5 Å². The van der Waals surface area contributed by atoms with Gasteiger partial charge in [0.15, 0.2) is 0 Å². The van der Waals surface area contributed by atoms with Crippen molar-refractivity contribution < 1.29 is 0 Å². The fraction of sp³-hybridized carbons (Fsp3) is 0.308. The molecule has 1 aliphatic rings. The molecule has 1 aromatic rings. The van der Waals surface area contributed by atoms with Crippen molar-refractivity contribution in [2.24, 2.45) is 0 Å². The second-order valence-electron chi connectivity index (χ2n) is 4.38. The molecule has 0 atom stereocenters. The van der Waals surface area contributed by atoms with Gasteiger partial charge in [0.25, 0.3) is 0 Å². The summed E-state index contributed by atoms with van der Waals surface area (Å²) in [5.41, 5.74) is 5.91. The molecule has 0 radical (unpaired) electrons. The molecule has 0 saturated heterocycles. The fourth-order valence-electron chi connectivity index (χ4n) is 2.09. The van der Waals surface area contributed by atoms with Gasteiger partial charge in [0.05, 0.1) is 0 Å². The van der Waals surface area contributed by atoms with Gasteiger partial charge in [-0.2, -0.15) is 0 Å². The number of rotatable bonds is 3. The number of hydrogen-bond donors (Lipinski definition) is 0. The molecule has 0 amide bonds. The summed E-state index contributed by atoms with van der Waals surface area (Å²) in [6, 6.07) is 8.68. The van der Waals surface area contributed by atoms with Crippen LogP contribution in [0.1, 0.15) is 24.5 Å². The van der Waals surface area contributed by atoms with Gasteiger partial charge in [-0.25, -0.2) is 0 Å². The van der Waals surface area contributed by atoms with Crippen molar-refractivity contribution in [2.75, 3.05) is 0 Å². The Kier molecular flexibility index (Phi) is 3.25. The molecule has 2 rings (SSSR count). The van der Waals surface area contributed by atoms with Crippen LogP contribution >= 0.6 is 0 Å². The van der Waals surface area contributed by atoms with E-state index in [-0.39, 0.29) is 0 Å². The monoisotopic (exact) mass is 194 g/mol. The molecule has 0 nitrogen and oxygen atoms in total. The number of allylic oxidation sites excluding steroid dienone is 2. The molecule has 0 unspecified atom stereocenters. The molecule has 0 saturated carbocycles. The van der Waals surface area contributed by atoms with E-state index in [9.17, 15) is 0 Å². The van der Waals surface area contributed by atoms with Crippen molar-refractivity contribution in [3.63, 3.8) is 0 Å². The minimum absolute atomic E-state index is 1.16. The summed E-state index contributed by atoms with van der Waals surface area (Å²) in [4.78, 5) is 0. The van der Waals surface area contributed by atoms with E-state index in [1.165, 1.54) is 29.4 Å². The van der Waals surface area contributed by atoms with Crippen LogP contribution in [0.15, 0.2) is 35.8 Å². The molecule has 1 aliphatic heterocycles. The van der Waals surface area contributed by atoms with Crippen LogP contribution in [-0.2, 0) is 6.42 Å². The Hall–Kier alpha value is -1.04. The van der Waals surface area contributed by atoms with E-state index in [1.54, 1.807) is 5.47 Å². The number of hydrogen-bond acceptors (Lipinski definition) is 0. The van der Waals surface area contributed by atoms with Gasteiger partial charge >= 0.3 is 93.1 Å². The minimum atomic E-state index is 1.16. The van der Waals surface area contributed by atoms with Crippen LogP contribution in [0.4, 0.5) is 0 Å². The summed E-state index contributed by atoms with van der Waals surface area (Å²) in [6.45, 7) is 6.69. The molecule has 2 heteroatoms. The van der Waals surface area contributed by atoms with E-state index >= 15 is 0 Å². The Morgan fingerprint density at radius 1 is 1.13 bits per heavy atom. The van der Waals surface area contributed by atoms with Crippen LogP contribution in [0, 0.1) is 6.92 Å². The van der Waals surface area contributed by atoms with Crippen molar-refractivity contribution in [1.82, 2.24) is 0 Å². The van der Waals surface area contributed by atoms with Gasteiger partial charge in [-0.15, -0.1) is 0 Å². The quantitative estimate of drug-likeness (QED) is 0.646. The van der Waals surface area contributed by atoms with E-state index in [2.05, 4.69) is 51.0 Å². The SMILES string of the molecule is CC1=BBC(CCc2ccccc2C)=C1. The van der Waals surface area contributed by atoms with Crippen LogP contribution < -0.4 is 0 Å². The van der Waals surface area contributed by atoms with Gasteiger partial charge in [0.2, 0.25) is 0 Å². The summed E-state index contributed by atoms with van der Waals surface area (Å²) >= 11 is 0. The van der Waals surface area contributed by atoms with E-state index in [0.717, 1.165) is 7.17 Å². The fourth-order valence-corrected chi connectivity index (χ4v) is 2.09. The van der Waals surface area contributed by atoms with Gasteiger partial charge in [-0.05, 0) is 0 Å². The van der Waals surface area contributed by atoms with Crippen molar-refractivity contribution in [1.29, 1.82) is 0 Å². The maximum absolute atomic E-state index is 2.33. The topological polar surface area (TPSA) is 0 Å². The van der Waals surface area contributed by atoms with Crippen molar-refractivity contribution >= 4 is 19.4 Å². The Balaban J connectivity index is 1.95. The third kappa shape index (κ3) is 2.71. The van der Waals surface area contributed by atoms with Crippen LogP contribution in [0.25, 0.3) is 0 Å². The van der Waals surface area contributed by atoms with Gasteiger partial charge in [-0.1, -0.05) is 0 Å². The summed E-state index contributed by atoms with van der Waals surface area (Å²) in [7, 11) is 1.16. The van der Waals surface area contributed by atoms with E-state index in [4.69, 9.17) is 0 Å². The second kappa shape index (κ2) is 4.65. The first-order chi connectivity index (χ1) is 7.25. The summed E-state index contributed by atoms with van der Waals surface area (Å²) in [5, 5.41) is 0. The number of aryl methyl sites for hydroxylation is 2. The average Bonchev–Trinajstić information content (AvgIpc) is 2.63. The predicted molar refractivity (Wildman–Crippen MR) is 71.2 cm³/mol. The first kappa shape index (κ1) is 10.5. The van der Waals surface area contributed by atoms with Crippen molar-refractivity contribution in [3.8, 4) is 0 Å². The molecular weight excluding hydrogens is 178 g/mol. The zero-order chi connectivity index (χ0) is 10.7. The van der Waals surface area contributed by atoms with Gasteiger partial charge in [0, 0.05) is 0 Å². The van der Waals surface area contributed by atoms with Crippen LogP contribution in [0.2, 0.25) is 0 Å². The molecule has 0 N–H and O–H groups in total.